The average Bonchev–Trinajstić information content (AvgIpc) is 2.34. The van der Waals surface area contributed by atoms with E-state index in [0.717, 1.165) is 32.1 Å². The van der Waals surface area contributed by atoms with E-state index in [4.69, 9.17) is 0 Å². The molecule has 0 unspecified atom stereocenters. The third-order valence-corrected chi connectivity index (χ3v) is 3.51. The van der Waals surface area contributed by atoms with E-state index < -0.39 is 0 Å². The number of piperidine rings is 1. The topological polar surface area (TPSA) is 32.3 Å². The van der Waals surface area contributed by atoms with E-state index in [0.29, 0.717) is 18.2 Å². The van der Waals surface area contributed by atoms with Gasteiger partial charge in [0.15, 0.2) is 0 Å². The third kappa shape index (κ3) is 5.53. The SMILES string of the molecule is CCC(=O)N(CCC1CCNCC1)CC(C)C. The summed E-state index contributed by atoms with van der Waals surface area (Å²) in [6, 6.07) is 0. The summed E-state index contributed by atoms with van der Waals surface area (Å²) in [5.74, 6) is 1.70. The molecule has 0 saturated carbocycles. The Bertz CT molecular complexity index is 222. The fourth-order valence-electron chi connectivity index (χ4n) is 2.49. The number of rotatable bonds is 6. The second-order valence-corrected chi connectivity index (χ2v) is 5.57. The minimum Gasteiger partial charge on any atom is -0.342 e. The molecule has 0 aromatic carbocycles. The van der Waals surface area contributed by atoms with Gasteiger partial charge in [0.25, 0.3) is 0 Å². The fourth-order valence-corrected chi connectivity index (χ4v) is 2.49. The van der Waals surface area contributed by atoms with Gasteiger partial charge in [-0.05, 0) is 44.2 Å². The maximum atomic E-state index is 11.8. The highest BCUT2D eigenvalue weighted by atomic mass is 16.2. The Hall–Kier alpha value is -0.570. The molecule has 0 bridgehead atoms. The Morgan fingerprint density at radius 2 is 2.00 bits per heavy atom. The first-order chi connectivity index (χ1) is 8.13. The zero-order valence-electron chi connectivity index (χ0n) is 11.7. The van der Waals surface area contributed by atoms with Gasteiger partial charge in [-0.2, -0.15) is 0 Å². The normalized spacial score (nSPS) is 17.4. The molecule has 0 radical (unpaired) electrons. The fraction of sp³-hybridized carbons (Fsp3) is 0.929. The molecule has 0 aliphatic carbocycles. The van der Waals surface area contributed by atoms with Crippen LogP contribution in [0.2, 0.25) is 0 Å². The Labute approximate surface area is 106 Å². The minimum absolute atomic E-state index is 0.313. The highest BCUT2D eigenvalue weighted by molar-refractivity contribution is 5.75. The molecule has 100 valence electrons. The van der Waals surface area contributed by atoms with Gasteiger partial charge in [0.1, 0.15) is 0 Å². The largest absolute Gasteiger partial charge is 0.342 e. The molecular formula is C14H28N2O. The lowest BCUT2D eigenvalue weighted by atomic mass is 9.94. The molecule has 1 rings (SSSR count). The molecule has 0 aromatic rings. The van der Waals surface area contributed by atoms with Gasteiger partial charge >= 0.3 is 0 Å². The van der Waals surface area contributed by atoms with Crippen LogP contribution in [-0.2, 0) is 4.79 Å². The number of amides is 1. The molecule has 1 fully saturated rings. The molecule has 1 aliphatic heterocycles. The van der Waals surface area contributed by atoms with Gasteiger partial charge in [-0.25, -0.2) is 0 Å². The molecule has 1 saturated heterocycles. The summed E-state index contributed by atoms with van der Waals surface area (Å²) in [4.78, 5) is 13.9. The van der Waals surface area contributed by atoms with Gasteiger partial charge in [0.2, 0.25) is 5.91 Å². The molecule has 0 aromatic heterocycles. The Morgan fingerprint density at radius 1 is 1.35 bits per heavy atom. The molecule has 1 N–H and O–H groups in total. The van der Waals surface area contributed by atoms with Crippen LogP contribution in [0.25, 0.3) is 0 Å². The van der Waals surface area contributed by atoms with E-state index in [-0.39, 0.29) is 0 Å². The van der Waals surface area contributed by atoms with Gasteiger partial charge in [0, 0.05) is 19.5 Å². The number of nitrogens with one attached hydrogen (secondary N) is 1. The first-order valence-electron chi connectivity index (χ1n) is 7.12. The van der Waals surface area contributed by atoms with Crippen molar-refractivity contribution < 1.29 is 4.79 Å². The lowest BCUT2D eigenvalue weighted by Crippen LogP contribution is -2.36. The predicted octanol–water partition coefficient (Wildman–Crippen LogP) is 2.27. The van der Waals surface area contributed by atoms with E-state index >= 15 is 0 Å². The van der Waals surface area contributed by atoms with Gasteiger partial charge in [-0.3, -0.25) is 4.79 Å². The van der Waals surface area contributed by atoms with Crippen molar-refractivity contribution in [2.45, 2.75) is 46.5 Å². The van der Waals surface area contributed by atoms with Crippen LogP contribution in [-0.4, -0.2) is 37.0 Å². The molecule has 3 heteroatoms. The van der Waals surface area contributed by atoms with Crippen molar-refractivity contribution in [3.05, 3.63) is 0 Å². The molecule has 1 amide bonds. The first-order valence-corrected chi connectivity index (χ1v) is 7.12. The standard InChI is InChI=1S/C14H28N2O/c1-4-14(17)16(11-12(2)3)10-7-13-5-8-15-9-6-13/h12-13,15H,4-11H2,1-3H3. The van der Waals surface area contributed by atoms with Crippen LogP contribution < -0.4 is 5.32 Å². The second kappa shape index (κ2) is 7.70. The number of carbonyl (C=O) groups excluding carboxylic acids is 1. The average molecular weight is 240 g/mol. The summed E-state index contributed by atoms with van der Waals surface area (Å²) in [5.41, 5.74) is 0. The van der Waals surface area contributed by atoms with Crippen LogP contribution in [0.1, 0.15) is 46.5 Å². The quantitative estimate of drug-likeness (QED) is 0.772. The molecular weight excluding hydrogens is 212 g/mol. The number of hydrogen-bond donors (Lipinski definition) is 1. The van der Waals surface area contributed by atoms with E-state index in [1.807, 2.05) is 6.92 Å². The summed E-state index contributed by atoms with van der Waals surface area (Å²) >= 11 is 0. The van der Waals surface area contributed by atoms with Crippen LogP contribution >= 0.6 is 0 Å². The lowest BCUT2D eigenvalue weighted by Gasteiger charge is -2.28. The van der Waals surface area contributed by atoms with E-state index in [9.17, 15) is 4.79 Å². The van der Waals surface area contributed by atoms with Gasteiger partial charge in [-0.15, -0.1) is 0 Å². The van der Waals surface area contributed by atoms with E-state index in [1.165, 1.54) is 19.3 Å². The Morgan fingerprint density at radius 3 is 2.53 bits per heavy atom. The third-order valence-electron chi connectivity index (χ3n) is 3.51. The molecule has 3 nitrogen and oxygen atoms in total. The zero-order valence-corrected chi connectivity index (χ0v) is 11.7. The maximum absolute atomic E-state index is 11.8. The molecule has 0 atom stereocenters. The Kier molecular flexibility index (Phi) is 6.56. The van der Waals surface area contributed by atoms with Crippen LogP contribution in [0.4, 0.5) is 0 Å². The minimum atomic E-state index is 0.313. The lowest BCUT2D eigenvalue weighted by molar-refractivity contribution is -0.131. The summed E-state index contributed by atoms with van der Waals surface area (Å²) in [5, 5.41) is 3.39. The van der Waals surface area contributed by atoms with Crippen LogP contribution in [0.15, 0.2) is 0 Å². The van der Waals surface area contributed by atoms with E-state index in [2.05, 4.69) is 24.1 Å². The maximum Gasteiger partial charge on any atom is 0.222 e. The van der Waals surface area contributed by atoms with Crippen molar-refractivity contribution in [2.75, 3.05) is 26.2 Å². The summed E-state index contributed by atoms with van der Waals surface area (Å²) in [7, 11) is 0. The van der Waals surface area contributed by atoms with Crippen LogP contribution in [0.3, 0.4) is 0 Å². The zero-order chi connectivity index (χ0) is 12.7. The van der Waals surface area contributed by atoms with Crippen molar-refractivity contribution >= 4 is 5.91 Å². The molecule has 1 aliphatic rings. The van der Waals surface area contributed by atoms with Crippen molar-refractivity contribution in [3.63, 3.8) is 0 Å². The van der Waals surface area contributed by atoms with Crippen molar-refractivity contribution in [1.29, 1.82) is 0 Å². The number of nitrogens with zero attached hydrogens (tertiary/aromatic N) is 1. The van der Waals surface area contributed by atoms with Crippen LogP contribution in [0, 0.1) is 11.8 Å². The van der Waals surface area contributed by atoms with Crippen LogP contribution in [0.5, 0.6) is 0 Å². The van der Waals surface area contributed by atoms with Gasteiger partial charge < -0.3 is 10.2 Å². The molecule has 0 spiro atoms. The monoisotopic (exact) mass is 240 g/mol. The van der Waals surface area contributed by atoms with Crippen molar-refractivity contribution in [3.8, 4) is 0 Å². The highest BCUT2D eigenvalue weighted by Gasteiger charge is 2.17. The van der Waals surface area contributed by atoms with E-state index in [1.54, 1.807) is 0 Å². The molecule has 17 heavy (non-hydrogen) atoms. The van der Waals surface area contributed by atoms with Crippen molar-refractivity contribution in [1.82, 2.24) is 10.2 Å². The number of carbonyl (C=O) groups is 1. The first kappa shape index (κ1) is 14.5. The smallest absolute Gasteiger partial charge is 0.222 e. The predicted molar refractivity (Wildman–Crippen MR) is 71.9 cm³/mol. The van der Waals surface area contributed by atoms with Crippen molar-refractivity contribution in [2.24, 2.45) is 11.8 Å². The highest BCUT2D eigenvalue weighted by Crippen LogP contribution is 2.17. The molecule has 1 heterocycles. The second-order valence-electron chi connectivity index (χ2n) is 5.57. The summed E-state index contributed by atoms with van der Waals surface area (Å²) in [6.45, 7) is 10.5. The number of hydrogen-bond acceptors (Lipinski definition) is 2. The van der Waals surface area contributed by atoms with Gasteiger partial charge in [-0.1, -0.05) is 20.8 Å². The summed E-state index contributed by atoms with van der Waals surface area (Å²) < 4.78 is 0. The van der Waals surface area contributed by atoms with Gasteiger partial charge in [0.05, 0.1) is 0 Å². The Balaban J connectivity index is 2.34. The summed E-state index contributed by atoms with van der Waals surface area (Å²) in [6.07, 6.45) is 4.37.